The zero-order valence-corrected chi connectivity index (χ0v) is 13.9. The number of likely N-dealkylation sites (tertiary alicyclic amines) is 1. The van der Waals surface area contributed by atoms with Gasteiger partial charge in [-0.2, -0.15) is 0 Å². The van der Waals surface area contributed by atoms with Crippen molar-refractivity contribution >= 4 is 17.5 Å². The monoisotopic (exact) mass is 333 g/mol. The highest BCUT2D eigenvalue weighted by molar-refractivity contribution is 6.31. The van der Waals surface area contributed by atoms with E-state index < -0.39 is 6.10 Å². The van der Waals surface area contributed by atoms with Crippen LogP contribution in [0.25, 0.3) is 5.69 Å². The van der Waals surface area contributed by atoms with Crippen LogP contribution in [0.4, 0.5) is 0 Å². The number of ether oxygens (including phenoxy) is 1. The Labute approximate surface area is 140 Å². The largest absolute Gasteiger partial charge is 0.462 e. The van der Waals surface area contributed by atoms with Gasteiger partial charge in [-0.15, -0.1) is 5.10 Å². The number of amides is 1. The minimum absolute atomic E-state index is 0.00460. The third kappa shape index (κ3) is 3.67. The molecular weight excluding hydrogens is 314 g/mol. The second-order valence-corrected chi connectivity index (χ2v) is 6.12. The number of hydrogen-bond acceptors (Lipinski definition) is 3. The topological polar surface area (TPSA) is 47.4 Å². The number of nitrogens with zero attached hydrogens (tertiary/aromatic N) is 3. The Morgan fingerprint density at radius 2 is 1.91 bits per heavy atom. The molecule has 23 heavy (non-hydrogen) atoms. The van der Waals surface area contributed by atoms with Crippen LogP contribution < -0.4 is 4.74 Å². The average molecular weight is 334 g/mol. The number of carbonyl (C=O) groups is 1. The summed E-state index contributed by atoms with van der Waals surface area (Å²) in [5, 5.41) is 4.73. The third-order valence-electron chi connectivity index (χ3n) is 3.96. The van der Waals surface area contributed by atoms with Gasteiger partial charge in [0.25, 0.3) is 11.8 Å². The summed E-state index contributed by atoms with van der Waals surface area (Å²) in [6.07, 6.45) is 4.39. The van der Waals surface area contributed by atoms with E-state index in [4.69, 9.17) is 16.3 Å². The smallest absolute Gasteiger partial charge is 0.263 e. The predicted octanol–water partition coefficient (Wildman–Crippen LogP) is 3.31. The van der Waals surface area contributed by atoms with E-state index in [9.17, 15) is 4.79 Å². The molecule has 1 aromatic heterocycles. The number of halogens is 1. The van der Waals surface area contributed by atoms with Gasteiger partial charge in [-0.05, 0) is 38.3 Å². The Morgan fingerprint density at radius 3 is 2.61 bits per heavy atom. The first-order valence-electron chi connectivity index (χ1n) is 7.91. The van der Waals surface area contributed by atoms with Crippen LogP contribution in [0.2, 0.25) is 5.02 Å². The molecule has 0 aliphatic carbocycles. The Bertz CT molecular complexity index is 666. The SMILES string of the molecule is CC(Oc1nn(-c2ccccc2)cc1Cl)C(=O)N1CCCCC1. The van der Waals surface area contributed by atoms with E-state index in [0.717, 1.165) is 31.6 Å². The van der Waals surface area contributed by atoms with Crippen molar-refractivity contribution in [3.8, 4) is 11.6 Å². The minimum atomic E-state index is -0.593. The molecule has 1 saturated heterocycles. The molecule has 1 atom stereocenters. The lowest BCUT2D eigenvalue weighted by Gasteiger charge is -2.28. The van der Waals surface area contributed by atoms with Gasteiger partial charge in [0.1, 0.15) is 5.02 Å². The first-order valence-corrected chi connectivity index (χ1v) is 8.29. The van der Waals surface area contributed by atoms with Crippen LogP contribution in [0.1, 0.15) is 26.2 Å². The van der Waals surface area contributed by atoms with Crippen molar-refractivity contribution in [2.24, 2.45) is 0 Å². The fraction of sp³-hybridized carbons (Fsp3) is 0.412. The van der Waals surface area contributed by atoms with E-state index in [-0.39, 0.29) is 11.8 Å². The van der Waals surface area contributed by atoms with Crippen molar-refractivity contribution in [2.45, 2.75) is 32.3 Å². The summed E-state index contributed by atoms with van der Waals surface area (Å²) in [6.45, 7) is 3.35. The fourth-order valence-corrected chi connectivity index (χ4v) is 2.89. The average Bonchev–Trinajstić information content (AvgIpc) is 2.96. The lowest BCUT2D eigenvalue weighted by molar-refractivity contribution is -0.138. The van der Waals surface area contributed by atoms with Crippen LogP contribution >= 0.6 is 11.6 Å². The molecule has 1 aliphatic rings. The lowest BCUT2D eigenvalue weighted by atomic mass is 10.1. The van der Waals surface area contributed by atoms with E-state index >= 15 is 0 Å². The van der Waals surface area contributed by atoms with Gasteiger partial charge in [-0.3, -0.25) is 4.79 Å². The first-order chi connectivity index (χ1) is 11.1. The highest BCUT2D eigenvalue weighted by atomic mass is 35.5. The number of piperidine rings is 1. The molecule has 1 fully saturated rings. The van der Waals surface area contributed by atoms with Crippen molar-refractivity contribution in [1.82, 2.24) is 14.7 Å². The summed E-state index contributed by atoms with van der Waals surface area (Å²) < 4.78 is 7.36. The molecule has 1 unspecified atom stereocenters. The quantitative estimate of drug-likeness (QED) is 0.862. The second kappa shape index (κ2) is 7.04. The van der Waals surface area contributed by atoms with Gasteiger partial charge in [-0.25, -0.2) is 4.68 Å². The molecule has 122 valence electrons. The summed E-state index contributed by atoms with van der Waals surface area (Å²) in [7, 11) is 0. The van der Waals surface area contributed by atoms with Crippen LogP contribution in [-0.4, -0.2) is 39.8 Å². The Kier molecular flexibility index (Phi) is 4.86. The van der Waals surface area contributed by atoms with Crippen LogP contribution in [0.3, 0.4) is 0 Å². The van der Waals surface area contributed by atoms with Gasteiger partial charge in [0.2, 0.25) is 0 Å². The van der Waals surface area contributed by atoms with E-state index in [1.807, 2.05) is 35.2 Å². The standard InChI is InChI=1S/C17H20ClN3O2/c1-13(17(22)20-10-6-3-7-11-20)23-16-15(18)12-21(19-16)14-8-4-2-5-9-14/h2,4-5,8-9,12-13H,3,6-7,10-11H2,1H3. The third-order valence-corrected chi connectivity index (χ3v) is 4.22. The van der Waals surface area contributed by atoms with Crippen molar-refractivity contribution in [2.75, 3.05) is 13.1 Å². The molecule has 1 aliphatic heterocycles. The zero-order valence-electron chi connectivity index (χ0n) is 13.1. The molecule has 0 bridgehead atoms. The van der Waals surface area contributed by atoms with E-state index in [2.05, 4.69) is 5.10 Å². The van der Waals surface area contributed by atoms with Gasteiger partial charge in [0, 0.05) is 13.1 Å². The fourth-order valence-electron chi connectivity index (χ4n) is 2.72. The molecule has 3 rings (SSSR count). The predicted molar refractivity (Wildman–Crippen MR) is 89.1 cm³/mol. The maximum Gasteiger partial charge on any atom is 0.263 e. The van der Waals surface area contributed by atoms with Crippen molar-refractivity contribution in [1.29, 1.82) is 0 Å². The highest BCUT2D eigenvalue weighted by Crippen LogP contribution is 2.25. The van der Waals surface area contributed by atoms with Crippen molar-refractivity contribution < 1.29 is 9.53 Å². The molecule has 0 spiro atoms. The van der Waals surface area contributed by atoms with Crippen LogP contribution in [0, 0.1) is 0 Å². The second-order valence-electron chi connectivity index (χ2n) is 5.71. The van der Waals surface area contributed by atoms with Crippen molar-refractivity contribution in [3.05, 3.63) is 41.6 Å². The molecule has 1 amide bonds. The first kappa shape index (κ1) is 15.9. The summed E-state index contributed by atoms with van der Waals surface area (Å²) in [4.78, 5) is 14.3. The molecule has 0 saturated carbocycles. The summed E-state index contributed by atoms with van der Waals surface area (Å²) in [5.41, 5.74) is 0.888. The molecule has 2 heterocycles. The van der Waals surface area contributed by atoms with Crippen LogP contribution in [0.15, 0.2) is 36.5 Å². The number of benzene rings is 1. The van der Waals surface area contributed by atoms with Crippen LogP contribution in [0.5, 0.6) is 5.88 Å². The normalized spacial score (nSPS) is 16.2. The van der Waals surface area contributed by atoms with E-state index in [1.54, 1.807) is 17.8 Å². The maximum absolute atomic E-state index is 12.4. The summed E-state index contributed by atoms with van der Waals surface area (Å²) >= 11 is 6.20. The van der Waals surface area contributed by atoms with Crippen LogP contribution in [-0.2, 0) is 4.79 Å². The number of hydrogen-bond donors (Lipinski definition) is 0. The Hall–Kier alpha value is -2.01. The summed E-state index contributed by atoms with van der Waals surface area (Å²) in [6, 6.07) is 9.64. The lowest BCUT2D eigenvalue weighted by Crippen LogP contribution is -2.43. The van der Waals surface area contributed by atoms with E-state index in [1.165, 1.54) is 6.42 Å². The number of rotatable bonds is 4. The highest BCUT2D eigenvalue weighted by Gasteiger charge is 2.25. The molecule has 1 aromatic carbocycles. The van der Waals surface area contributed by atoms with Gasteiger partial charge in [0.05, 0.1) is 11.9 Å². The Balaban J connectivity index is 1.70. The number of para-hydroxylation sites is 1. The molecule has 5 nitrogen and oxygen atoms in total. The summed E-state index contributed by atoms with van der Waals surface area (Å²) in [5.74, 6) is 0.281. The molecular formula is C17H20ClN3O2. The zero-order chi connectivity index (χ0) is 16.2. The van der Waals surface area contributed by atoms with Gasteiger partial charge < -0.3 is 9.64 Å². The Morgan fingerprint density at radius 1 is 1.22 bits per heavy atom. The number of aromatic nitrogens is 2. The molecule has 0 N–H and O–H groups in total. The van der Waals surface area contributed by atoms with E-state index in [0.29, 0.717) is 5.02 Å². The van der Waals surface area contributed by atoms with Gasteiger partial charge in [0.15, 0.2) is 6.10 Å². The molecule has 6 heteroatoms. The molecule has 0 radical (unpaired) electrons. The number of carbonyl (C=O) groups excluding carboxylic acids is 1. The maximum atomic E-state index is 12.4. The van der Waals surface area contributed by atoms with Gasteiger partial charge in [-0.1, -0.05) is 29.8 Å². The molecule has 2 aromatic rings. The van der Waals surface area contributed by atoms with Crippen molar-refractivity contribution in [3.63, 3.8) is 0 Å². The minimum Gasteiger partial charge on any atom is -0.462 e. The van der Waals surface area contributed by atoms with Gasteiger partial charge >= 0.3 is 0 Å².